The number of aryl methyl sites for hydroxylation is 2. The molecule has 2 aromatic heterocycles. The number of carbonyl (C=O) groups is 2. The fraction of sp³-hybridized carbons (Fsp3) is 0.238. The molecule has 3 rings (SSSR count). The average molecular weight is 395 g/mol. The van der Waals surface area contributed by atoms with Gasteiger partial charge in [0.1, 0.15) is 12.1 Å². The van der Waals surface area contributed by atoms with E-state index in [-0.39, 0.29) is 24.5 Å². The van der Waals surface area contributed by atoms with Gasteiger partial charge >= 0.3 is 0 Å². The van der Waals surface area contributed by atoms with Crippen LogP contribution in [0.1, 0.15) is 40.7 Å². The fourth-order valence-electron chi connectivity index (χ4n) is 2.75. The Hall–Kier alpha value is -3.06. The molecule has 0 bridgehead atoms. The Morgan fingerprint density at radius 2 is 1.96 bits per heavy atom. The lowest BCUT2D eigenvalue weighted by atomic mass is 10.1. The second-order valence-electron chi connectivity index (χ2n) is 6.34. The van der Waals surface area contributed by atoms with Crippen molar-refractivity contribution in [2.45, 2.75) is 33.1 Å². The van der Waals surface area contributed by atoms with Crippen molar-refractivity contribution in [3.8, 4) is 0 Å². The third-order valence-electron chi connectivity index (χ3n) is 4.22. The number of ketones is 1. The molecule has 0 aliphatic rings. The van der Waals surface area contributed by atoms with Gasteiger partial charge in [-0.3, -0.25) is 9.59 Å². The van der Waals surface area contributed by atoms with Crippen LogP contribution < -0.4 is 10.6 Å². The summed E-state index contributed by atoms with van der Waals surface area (Å²) in [5.74, 6) is 0.514. The van der Waals surface area contributed by atoms with E-state index < -0.39 is 0 Å². The zero-order valence-corrected chi connectivity index (χ0v) is 16.7. The summed E-state index contributed by atoms with van der Waals surface area (Å²) in [4.78, 5) is 33.4. The summed E-state index contributed by atoms with van der Waals surface area (Å²) in [5, 5.41) is 8.02. The van der Waals surface area contributed by atoms with Crippen LogP contribution in [-0.4, -0.2) is 21.7 Å². The molecule has 0 aliphatic carbocycles. The number of rotatable bonds is 8. The largest absolute Gasteiger partial charge is 0.340 e. The Morgan fingerprint density at radius 1 is 1.11 bits per heavy atom. The van der Waals surface area contributed by atoms with Crippen LogP contribution in [0.25, 0.3) is 0 Å². The van der Waals surface area contributed by atoms with E-state index in [0.717, 1.165) is 29.1 Å². The standard InChI is InChI=1S/C21H22N4O2S/c1-3-15-6-7-16(24-20-11-14(2)22-13-23-20)12-17(15)25-21(27)9-8-18(26)19-5-4-10-28-19/h4-7,10-13H,3,8-9H2,1-2H3,(H,25,27)(H,22,23,24). The van der Waals surface area contributed by atoms with Crippen LogP contribution in [0.4, 0.5) is 17.2 Å². The summed E-state index contributed by atoms with van der Waals surface area (Å²) in [7, 11) is 0. The molecule has 0 aliphatic heterocycles. The van der Waals surface area contributed by atoms with Crippen LogP contribution in [0, 0.1) is 6.92 Å². The molecular formula is C21H22N4O2S. The fourth-order valence-corrected chi connectivity index (χ4v) is 3.44. The minimum atomic E-state index is -0.172. The first-order valence-corrected chi connectivity index (χ1v) is 9.98. The molecule has 0 unspecified atom stereocenters. The van der Waals surface area contributed by atoms with Crippen molar-refractivity contribution < 1.29 is 9.59 Å². The highest BCUT2D eigenvalue weighted by atomic mass is 32.1. The van der Waals surface area contributed by atoms with Crippen molar-refractivity contribution in [2.75, 3.05) is 10.6 Å². The summed E-state index contributed by atoms with van der Waals surface area (Å²) in [6, 6.07) is 11.3. The zero-order valence-electron chi connectivity index (χ0n) is 15.9. The minimum Gasteiger partial charge on any atom is -0.340 e. The number of nitrogens with zero attached hydrogens (tertiary/aromatic N) is 2. The number of nitrogens with one attached hydrogen (secondary N) is 2. The number of benzene rings is 1. The van der Waals surface area contributed by atoms with E-state index in [1.807, 2.05) is 49.6 Å². The highest BCUT2D eigenvalue weighted by molar-refractivity contribution is 7.12. The van der Waals surface area contributed by atoms with Gasteiger partial charge in [0, 0.05) is 36.0 Å². The summed E-state index contributed by atoms with van der Waals surface area (Å²) in [5.41, 5.74) is 3.46. The third-order valence-corrected chi connectivity index (χ3v) is 5.13. The molecule has 0 saturated heterocycles. The summed E-state index contributed by atoms with van der Waals surface area (Å²) in [6.45, 7) is 3.93. The van der Waals surface area contributed by atoms with Crippen LogP contribution in [0.3, 0.4) is 0 Å². The van der Waals surface area contributed by atoms with Crippen LogP contribution >= 0.6 is 11.3 Å². The van der Waals surface area contributed by atoms with Gasteiger partial charge in [0.15, 0.2) is 5.78 Å². The first-order valence-electron chi connectivity index (χ1n) is 9.10. The van der Waals surface area contributed by atoms with Gasteiger partial charge in [-0.05, 0) is 42.5 Å². The summed E-state index contributed by atoms with van der Waals surface area (Å²) >= 11 is 1.40. The van der Waals surface area contributed by atoms with E-state index in [1.54, 1.807) is 6.07 Å². The SMILES string of the molecule is CCc1ccc(Nc2cc(C)ncn2)cc1NC(=O)CCC(=O)c1cccs1. The first-order chi connectivity index (χ1) is 13.5. The van der Waals surface area contributed by atoms with Crippen molar-refractivity contribution in [3.05, 3.63) is 64.2 Å². The number of Topliss-reactive ketones (excluding diaryl/α,β-unsaturated/α-hetero) is 1. The normalized spacial score (nSPS) is 10.5. The van der Waals surface area contributed by atoms with E-state index >= 15 is 0 Å². The maximum absolute atomic E-state index is 12.4. The number of hydrogen-bond acceptors (Lipinski definition) is 6. The molecule has 28 heavy (non-hydrogen) atoms. The van der Waals surface area contributed by atoms with Crippen LogP contribution in [-0.2, 0) is 11.2 Å². The lowest BCUT2D eigenvalue weighted by Crippen LogP contribution is -2.14. The predicted molar refractivity (Wildman–Crippen MR) is 112 cm³/mol. The molecular weight excluding hydrogens is 372 g/mol. The van der Waals surface area contributed by atoms with Crippen molar-refractivity contribution in [3.63, 3.8) is 0 Å². The summed E-state index contributed by atoms with van der Waals surface area (Å²) in [6.07, 6.45) is 2.65. The number of thiophene rings is 1. The molecule has 7 heteroatoms. The molecule has 2 N–H and O–H groups in total. The van der Waals surface area contributed by atoms with Gasteiger partial charge in [-0.25, -0.2) is 9.97 Å². The number of hydrogen-bond donors (Lipinski definition) is 2. The highest BCUT2D eigenvalue weighted by Gasteiger charge is 2.12. The second-order valence-corrected chi connectivity index (χ2v) is 7.29. The lowest BCUT2D eigenvalue weighted by Gasteiger charge is -2.13. The van der Waals surface area contributed by atoms with Gasteiger partial charge in [-0.2, -0.15) is 0 Å². The quantitative estimate of drug-likeness (QED) is 0.539. The number of amides is 1. The Balaban J connectivity index is 1.66. The number of carbonyl (C=O) groups excluding carboxylic acids is 2. The zero-order chi connectivity index (χ0) is 19.9. The molecule has 0 atom stereocenters. The van der Waals surface area contributed by atoms with Gasteiger partial charge in [-0.1, -0.05) is 19.1 Å². The average Bonchev–Trinajstić information content (AvgIpc) is 3.21. The van der Waals surface area contributed by atoms with Gasteiger partial charge in [0.05, 0.1) is 4.88 Å². The maximum Gasteiger partial charge on any atom is 0.224 e. The van der Waals surface area contributed by atoms with E-state index in [9.17, 15) is 9.59 Å². The van der Waals surface area contributed by atoms with E-state index in [2.05, 4.69) is 20.6 Å². The van der Waals surface area contributed by atoms with Gasteiger partial charge in [0.2, 0.25) is 5.91 Å². The molecule has 0 fully saturated rings. The molecule has 0 saturated carbocycles. The van der Waals surface area contributed by atoms with Crippen LogP contribution in [0.15, 0.2) is 48.1 Å². The molecule has 2 heterocycles. The van der Waals surface area contributed by atoms with Gasteiger partial charge in [0.25, 0.3) is 0 Å². The summed E-state index contributed by atoms with van der Waals surface area (Å²) < 4.78 is 0. The topological polar surface area (TPSA) is 84.0 Å². The maximum atomic E-state index is 12.4. The molecule has 6 nitrogen and oxygen atoms in total. The predicted octanol–water partition coefficient (Wildman–Crippen LogP) is 4.75. The van der Waals surface area contributed by atoms with Crippen molar-refractivity contribution in [1.29, 1.82) is 0 Å². The van der Waals surface area contributed by atoms with Crippen molar-refractivity contribution in [1.82, 2.24) is 9.97 Å². The Kier molecular flexibility index (Phi) is 6.49. The van der Waals surface area contributed by atoms with Gasteiger partial charge < -0.3 is 10.6 Å². The van der Waals surface area contributed by atoms with Crippen molar-refractivity contribution in [2.24, 2.45) is 0 Å². The van der Waals surface area contributed by atoms with E-state index in [4.69, 9.17) is 0 Å². The Morgan fingerprint density at radius 3 is 2.68 bits per heavy atom. The Bertz CT molecular complexity index is 970. The molecule has 3 aromatic rings. The lowest BCUT2D eigenvalue weighted by molar-refractivity contribution is -0.116. The van der Waals surface area contributed by atoms with Gasteiger partial charge in [-0.15, -0.1) is 11.3 Å². The minimum absolute atomic E-state index is 0.00425. The molecule has 144 valence electrons. The third kappa shape index (κ3) is 5.23. The molecule has 0 radical (unpaired) electrons. The first kappa shape index (κ1) is 19.7. The van der Waals surface area contributed by atoms with Crippen LogP contribution in [0.2, 0.25) is 0 Å². The number of aromatic nitrogens is 2. The molecule has 0 spiro atoms. The number of anilines is 3. The van der Waals surface area contributed by atoms with Crippen LogP contribution in [0.5, 0.6) is 0 Å². The van der Waals surface area contributed by atoms with E-state index in [1.165, 1.54) is 17.7 Å². The molecule has 1 amide bonds. The monoisotopic (exact) mass is 394 g/mol. The van der Waals surface area contributed by atoms with E-state index in [0.29, 0.717) is 10.7 Å². The molecule has 1 aromatic carbocycles. The highest BCUT2D eigenvalue weighted by Crippen LogP contribution is 2.24. The Labute approximate surface area is 168 Å². The second kappa shape index (κ2) is 9.23. The smallest absolute Gasteiger partial charge is 0.224 e. The van der Waals surface area contributed by atoms with Crippen molar-refractivity contribution >= 4 is 40.2 Å².